The summed E-state index contributed by atoms with van der Waals surface area (Å²) in [5.41, 5.74) is 0.0920. The molecule has 0 saturated carbocycles. The molecule has 3 rings (SSSR count). The molecular weight excluding hydrogens is 299 g/mol. The largest absolute Gasteiger partial charge is 0.417 e. The van der Waals surface area contributed by atoms with Crippen LogP contribution in [0.25, 0.3) is 5.65 Å². The summed E-state index contributed by atoms with van der Waals surface area (Å²) in [6.45, 7) is 3.31. The molecule has 8 heteroatoms. The molecule has 0 spiro atoms. The lowest BCUT2D eigenvalue weighted by molar-refractivity contribution is -0.137. The zero-order valence-corrected chi connectivity index (χ0v) is 11.9. The summed E-state index contributed by atoms with van der Waals surface area (Å²) in [6.07, 6.45) is -3.55. The van der Waals surface area contributed by atoms with Gasteiger partial charge in [-0.05, 0) is 19.1 Å². The second kappa shape index (κ2) is 5.28. The van der Waals surface area contributed by atoms with Gasteiger partial charge in [-0.2, -0.15) is 13.2 Å². The molecule has 0 unspecified atom stereocenters. The van der Waals surface area contributed by atoms with Crippen molar-refractivity contribution in [3.05, 3.63) is 35.3 Å². The second-order valence-electron chi connectivity index (χ2n) is 5.09. The molecule has 3 heterocycles. The number of hydrogen-bond acceptors (Lipinski definition) is 3. The molecule has 0 N–H and O–H groups in total. The Bertz CT molecular complexity index is 718. The molecule has 2 aromatic rings. The van der Waals surface area contributed by atoms with Gasteiger partial charge in [0.25, 0.3) is 5.91 Å². The molecule has 118 valence electrons. The zero-order valence-electron chi connectivity index (χ0n) is 11.9. The number of aromatic nitrogens is 2. The van der Waals surface area contributed by atoms with E-state index in [1.54, 1.807) is 11.8 Å². The fourth-order valence-electron chi connectivity index (χ4n) is 2.50. The van der Waals surface area contributed by atoms with E-state index in [2.05, 4.69) is 4.98 Å². The van der Waals surface area contributed by atoms with Gasteiger partial charge in [-0.1, -0.05) is 0 Å². The van der Waals surface area contributed by atoms with E-state index in [0.29, 0.717) is 37.6 Å². The van der Waals surface area contributed by atoms with Crippen molar-refractivity contribution in [3.63, 3.8) is 0 Å². The molecule has 5 nitrogen and oxygen atoms in total. The lowest BCUT2D eigenvalue weighted by atomic mass is 10.2. The van der Waals surface area contributed by atoms with Crippen LogP contribution in [0.4, 0.5) is 13.2 Å². The Morgan fingerprint density at radius 2 is 1.95 bits per heavy atom. The number of aryl methyl sites for hydroxylation is 1. The molecule has 1 fully saturated rings. The summed E-state index contributed by atoms with van der Waals surface area (Å²) in [5.74, 6) is -0.326. The molecule has 1 amide bonds. The number of hydrogen-bond donors (Lipinski definition) is 0. The first kappa shape index (κ1) is 14.8. The molecule has 0 radical (unpaired) electrons. The SMILES string of the molecule is Cc1nc2ccc(C(F)(F)F)cn2c1C(=O)N1CCOCC1. The first-order valence-electron chi connectivity index (χ1n) is 6.81. The van der Waals surface area contributed by atoms with Crippen LogP contribution in [0.2, 0.25) is 0 Å². The highest BCUT2D eigenvalue weighted by Gasteiger charge is 2.32. The van der Waals surface area contributed by atoms with Crippen LogP contribution in [-0.4, -0.2) is 46.5 Å². The standard InChI is InChI=1S/C14H14F3N3O2/c1-9-12(13(21)19-4-6-22-7-5-19)20-8-10(14(15,16)17)2-3-11(20)18-9/h2-3,8H,4-7H2,1H3. The Hall–Kier alpha value is -2.09. The van der Waals surface area contributed by atoms with E-state index in [0.717, 1.165) is 12.3 Å². The van der Waals surface area contributed by atoms with E-state index in [1.807, 2.05) is 0 Å². The Morgan fingerprint density at radius 1 is 1.27 bits per heavy atom. The lowest BCUT2D eigenvalue weighted by Gasteiger charge is -2.26. The minimum Gasteiger partial charge on any atom is -0.378 e. The molecule has 2 aromatic heterocycles. The predicted molar refractivity (Wildman–Crippen MR) is 71.7 cm³/mol. The van der Waals surface area contributed by atoms with E-state index in [9.17, 15) is 18.0 Å². The van der Waals surface area contributed by atoms with E-state index in [-0.39, 0.29) is 11.6 Å². The van der Waals surface area contributed by atoms with Crippen molar-refractivity contribution in [1.29, 1.82) is 0 Å². The van der Waals surface area contributed by atoms with Crippen molar-refractivity contribution in [2.45, 2.75) is 13.1 Å². The fourth-order valence-corrected chi connectivity index (χ4v) is 2.50. The molecule has 0 atom stereocenters. The molecule has 0 bridgehead atoms. The van der Waals surface area contributed by atoms with Crippen molar-refractivity contribution in [3.8, 4) is 0 Å². The zero-order chi connectivity index (χ0) is 15.9. The Balaban J connectivity index is 2.07. The van der Waals surface area contributed by atoms with Gasteiger partial charge in [0.05, 0.1) is 24.5 Å². The maximum Gasteiger partial charge on any atom is 0.417 e. The van der Waals surface area contributed by atoms with Crippen LogP contribution in [0.15, 0.2) is 18.3 Å². The van der Waals surface area contributed by atoms with E-state index < -0.39 is 11.7 Å². The molecule has 0 aromatic carbocycles. The van der Waals surface area contributed by atoms with Gasteiger partial charge in [0.15, 0.2) is 0 Å². The highest BCUT2D eigenvalue weighted by molar-refractivity contribution is 5.94. The normalized spacial score (nSPS) is 16.3. The number of nitrogens with zero attached hydrogens (tertiary/aromatic N) is 3. The third-order valence-electron chi connectivity index (χ3n) is 3.62. The first-order valence-corrected chi connectivity index (χ1v) is 6.81. The minimum absolute atomic E-state index is 0.169. The predicted octanol–water partition coefficient (Wildman–Crippen LogP) is 2.13. The van der Waals surface area contributed by atoms with Crippen LogP contribution in [-0.2, 0) is 10.9 Å². The summed E-state index contributed by atoms with van der Waals surface area (Å²) >= 11 is 0. The number of rotatable bonds is 1. The molecule has 0 aliphatic carbocycles. The maximum absolute atomic E-state index is 12.9. The third-order valence-corrected chi connectivity index (χ3v) is 3.62. The van der Waals surface area contributed by atoms with Crippen molar-refractivity contribution in [1.82, 2.24) is 14.3 Å². The maximum atomic E-state index is 12.9. The van der Waals surface area contributed by atoms with Gasteiger partial charge >= 0.3 is 6.18 Å². The van der Waals surface area contributed by atoms with Crippen molar-refractivity contribution in [2.24, 2.45) is 0 Å². The lowest BCUT2D eigenvalue weighted by Crippen LogP contribution is -2.41. The number of alkyl halides is 3. The summed E-state index contributed by atoms with van der Waals surface area (Å²) < 4.78 is 45.0. The molecule has 1 saturated heterocycles. The van der Waals surface area contributed by atoms with Gasteiger partial charge in [0.1, 0.15) is 11.3 Å². The molecule has 1 aliphatic heterocycles. The highest BCUT2D eigenvalue weighted by Crippen LogP contribution is 2.30. The van der Waals surface area contributed by atoms with Gasteiger partial charge in [-0.25, -0.2) is 4.98 Å². The van der Waals surface area contributed by atoms with Crippen LogP contribution >= 0.6 is 0 Å². The molecule has 22 heavy (non-hydrogen) atoms. The number of pyridine rings is 1. The van der Waals surface area contributed by atoms with Crippen LogP contribution in [0.1, 0.15) is 21.7 Å². The Labute approximate surface area is 124 Å². The average Bonchev–Trinajstić information content (AvgIpc) is 2.81. The third kappa shape index (κ3) is 2.54. The topological polar surface area (TPSA) is 46.8 Å². The summed E-state index contributed by atoms with van der Waals surface area (Å²) in [5, 5.41) is 0. The van der Waals surface area contributed by atoms with Crippen LogP contribution in [0.5, 0.6) is 0 Å². The van der Waals surface area contributed by atoms with Gasteiger partial charge in [-0.3, -0.25) is 9.20 Å². The number of halogens is 3. The van der Waals surface area contributed by atoms with Crippen molar-refractivity contribution in [2.75, 3.05) is 26.3 Å². The monoisotopic (exact) mass is 313 g/mol. The smallest absolute Gasteiger partial charge is 0.378 e. The number of fused-ring (bicyclic) bond motifs is 1. The number of ether oxygens (including phenoxy) is 1. The fraction of sp³-hybridized carbons (Fsp3) is 0.429. The van der Waals surface area contributed by atoms with E-state index in [1.165, 1.54) is 10.5 Å². The number of carbonyl (C=O) groups excluding carboxylic acids is 1. The number of amides is 1. The van der Waals surface area contributed by atoms with E-state index in [4.69, 9.17) is 4.74 Å². The van der Waals surface area contributed by atoms with Gasteiger partial charge in [0.2, 0.25) is 0 Å². The quantitative estimate of drug-likeness (QED) is 0.810. The van der Waals surface area contributed by atoms with Crippen LogP contribution < -0.4 is 0 Å². The number of carbonyl (C=O) groups is 1. The molecular formula is C14H14F3N3O2. The van der Waals surface area contributed by atoms with E-state index >= 15 is 0 Å². The first-order chi connectivity index (χ1) is 10.4. The minimum atomic E-state index is -4.47. The summed E-state index contributed by atoms with van der Waals surface area (Å²) in [4.78, 5) is 18.3. The number of morpholine rings is 1. The Morgan fingerprint density at radius 3 is 2.59 bits per heavy atom. The van der Waals surface area contributed by atoms with Crippen molar-refractivity contribution >= 4 is 11.6 Å². The van der Waals surface area contributed by atoms with Crippen molar-refractivity contribution < 1.29 is 22.7 Å². The van der Waals surface area contributed by atoms with Gasteiger partial charge in [-0.15, -0.1) is 0 Å². The van der Waals surface area contributed by atoms with Crippen LogP contribution in [0.3, 0.4) is 0 Å². The highest BCUT2D eigenvalue weighted by atomic mass is 19.4. The van der Waals surface area contributed by atoms with Crippen LogP contribution in [0, 0.1) is 6.92 Å². The second-order valence-corrected chi connectivity index (χ2v) is 5.09. The summed E-state index contributed by atoms with van der Waals surface area (Å²) in [6, 6.07) is 2.23. The van der Waals surface area contributed by atoms with Gasteiger partial charge < -0.3 is 9.64 Å². The average molecular weight is 313 g/mol. The van der Waals surface area contributed by atoms with Gasteiger partial charge in [0, 0.05) is 19.3 Å². The summed E-state index contributed by atoms with van der Waals surface area (Å²) in [7, 11) is 0. The number of imidazole rings is 1. The molecule has 1 aliphatic rings. The Kier molecular flexibility index (Phi) is 3.56.